The van der Waals surface area contributed by atoms with Gasteiger partial charge < -0.3 is 15.4 Å². The van der Waals surface area contributed by atoms with Crippen molar-refractivity contribution in [3.05, 3.63) is 66.2 Å². The van der Waals surface area contributed by atoms with Crippen molar-refractivity contribution >= 4 is 40.0 Å². The number of hydrogen-bond donors (Lipinski definition) is 2. The number of amides is 2. The minimum atomic E-state index is -0.190. The monoisotopic (exact) mass is 378 g/mol. The van der Waals surface area contributed by atoms with Crippen LogP contribution >= 0.6 is 11.8 Å². The fourth-order valence-corrected chi connectivity index (χ4v) is 3.71. The van der Waals surface area contributed by atoms with Crippen molar-refractivity contribution in [2.75, 3.05) is 24.2 Å². The maximum atomic E-state index is 12.3. The zero-order chi connectivity index (χ0) is 18.6. The predicted molar refractivity (Wildman–Crippen MR) is 108 cm³/mol. The molecule has 4 rings (SSSR count). The Balaban J connectivity index is 1.31. The third-order valence-corrected chi connectivity index (χ3v) is 5.33. The van der Waals surface area contributed by atoms with Gasteiger partial charge in [0.15, 0.2) is 0 Å². The predicted octanol–water partition coefficient (Wildman–Crippen LogP) is 3.69. The van der Waals surface area contributed by atoms with Gasteiger partial charge in [-0.15, -0.1) is 11.8 Å². The van der Waals surface area contributed by atoms with Crippen molar-refractivity contribution in [1.82, 2.24) is 5.32 Å². The Morgan fingerprint density at radius 1 is 1.07 bits per heavy atom. The molecule has 3 aromatic rings. The molecule has 0 bridgehead atoms. The Bertz CT molecular complexity index is 1020. The molecular weight excluding hydrogens is 360 g/mol. The van der Waals surface area contributed by atoms with Crippen LogP contribution in [0.25, 0.3) is 10.8 Å². The molecule has 2 amide bonds. The second kappa shape index (κ2) is 7.72. The van der Waals surface area contributed by atoms with E-state index in [9.17, 15) is 9.59 Å². The van der Waals surface area contributed by atoms with Gasteiger partial charge in [0.2, 0.25) is 5.91 Å². The number of nitrogens with one attached hydrogen (secondary N) is 2. The van der Waals surface area contributed by atoms with Crippen LogP contribution in [0.2, 0.25) is 0 Å². The fraction of sp³-hybridized carbons (Fsp3) is 0.143. The third kappa shape index (κ3) is 4.06. The van der Waals surface area contributed by atoms with Gasteiger partial charge in [0, 0.05) is 10.5 Å². The Morgan fingerprint density at radius 2 is 1.93 bits per heavy atom. The highest BCUT2D eigenvalue weighted by atomic mass is 32.2. The Kier molecular flexibility index (Phi) is 4.98. The molecule has 6 heteroatoms. The van der Waals surface area contributed by atoms with Crippen LogP contribution in [0.1, 0.15) is 10.4 Å². The van der Waals surface area contributed by atoms with E-state index in [0.29, 0.717) is 30.2 Å². The first-order valence-electron chi connectivity index (χ1n) is 8.65. The summed E-state index contributed by atoms with van der Waals surface area (Å²) in [4.78, 5) is 24.8. The molecule has 0 radical (unpaired) electrons. The van der Waals surface area contributed by atoms with E-state index in [4.69, 9.17) is 4.74 Å². The van der Waals surface area contributed by atoms with Crippen molar-refractivity contribution in [1.29, 1.82) is 0 Å². The summed E-state index contributed by atoms with van der Waals surface area (Å²) in [5.41, 5.74) is 1.21. The zero-order valence-corrected chi connectivity index (χ0v) is 15.3. The van der Waals surface area contributed by atoms with Crippen LogP contribution in [-0.4, -0.2) is 30.7 Å². The van der Waals surface area contributed by atoms with Gasteiger partial charge in [0.1, 0.15) is 12.4 Å². The summed E-state index contributed by atoms with van der Waals surface area (Å²) >= 11 is 1.47. The highest BCUT2D eigenvalue weighted by molar-refractivity contribution is 8.00. The summed E-state index contributed by atoms with van der Waals surface area (Å²) in [6.45, 7) is 0.769. The van der Waals surface area contributed by atoms with Gasteiger partial charge in [0.25, 0.3) is 5.91 Å². The number of carbonyl (C=O) groups excluding carboxylic acids is 2. The van der Waals surface area contributed by atoms with Crippen molar-refractivity contribution < 1.29 is 14.3 Å². The minimum Gasteiger partial charge on any atom is -0.492 e. The van der Waals surface area contributed by atoms with E-state index in [0.717, 1.165) is 21.4 Å². The van der Waals surface area contributed by atoms with Crippen LogP contribution in [-0.2, 0) is 4.79 Å². The van der Waals surface area contributed by atoms with Crippen LogP contribution in [0.5, 0.6) is 5.75 Å². The maximum absolute atomic E-state index is 12.3. The largest absolute Gasteiger partial charge is 0.492 e. The van der Waals surface area contributed by atoms with Gasteiger partial charge in [-0.05, 0) is 41.1 Å². The van der Waals surface area contributed by atoms with Gasteiger partial charge in [-0.3, -0.25) is 9.59 Å². The van der Waals surface area contributed by atoms with Crippen LogP contribution in [0.4, 0.5) is 5.69 Å². The topological polar surface area (TPSA) is 67.4 Å². The molecule has 0 fully saturated rings. The lowest BCUT2D eigenvalue weighted by atomic mass is 10.1. The molecule has 1 aliphatic rings. The molecule has 1 heterocycles. The molecule has 0 atom stereocenters. The first kappa shape index (κ1) is 17.4. The van der Waals surface area contributed by atoms with E-state index >= 15 is 0 Å². The zero-order valence-electron chi connectivity index (χ0n) is 14.5. The smallest absolute Gasteiger partial charge is 0.251 e. The van der Waals surface area contributed by atoms with Crippen molar-refractivity contribution in [3.8, 4) is 5.75 Å². The molecule has 136 valence electrons. The van der Waals surface area contributed by atoms with Gasteiger partial charge in [-0.1, -0.05) is 30.3 Å². The summed E-state index contributed by atoms with van der Waals surface area (Å²) in [7, 11) is 0. The van der Waals surface area contributed by atoms with Gasteiger partial charge in [-0.2, -0.15) is 0 Å². The van der Waals surface area contributed by atoms with E-state index in [1.165, 1.54) is 11.8 Å². The summed E-state index contributed by atoms with van der Waals surface area (Å²) in [6.07, 6.45) is 0. The van der Waals surface area contributed by atoms with Crippen LogP contribution in [0.3, 0.4) is 0 Å². The first-order chi connectivity index (χ1) is 13.2. The van der Waals surface area contributed by atoms with E-state index in [1.54, 1.807) is 12.1 Å². The van der Waals surface area contributed by atoms with Gasteiger partial charge >= 0.3 is 0 Å². The first-order valence-corrected chi connectivity index (χ1v) is 9.64. The van der Waals surface area contributed by atoms with Crippen LogP contribution in [0.15, 0.2) is 65.6 Å². The molecule has 0 aliphatic carbocycles. The normalized spacial score (nSPS) is 13.0. The molecule has 0 unspecified atom stereocenters. The van der Waals surface area contributed by atoms with E-state index in [1.807, 2.05) is 42.5 Å². The number of carbonyl (C=O) groups is 2. The average Bonchev–Trinajstić information content (AvgIpc) is 2.70. The molecule has 27 heavy (non-hydrogen) atoms. The molecule has 0 saturated carbocycles. The number of anilines is 1. The summed E-state index contributed by atoms with van der Waals surface area (Å²) in [5.74, 6) is 0.944. The lowest BCUT2D eigenvalue weighted by Crippen LogP contribution is -2.28. The fourth-order valence-electron chi connectivity index (χ4n) is 2.92. The second-order valence-electron chi connectivity index (χ2n) is 6.16. The summed E-state index contributed by atoms with van der Waals surface area (Å²) in [6, 6.07) is 19.4. The SMILES string of the molecule is O=C1CSc2ccc(C(=O)NCCOc3ccc4ccccc4c3)cc2N1. The Hall–Kier alpha value is -2.99. The highest BCUT2D eigenvalue weighted by Gasteiger charge is 2.17. The summed E-state index contributed by atoms with van der Waals surface area (Å²) < 4.78 is 5.73. The standard InChI is InChI=1S/C21H18N2O3S/c24-20-13-27-19-8-6-16(12-18(19)23-20)21(25)22-9-10-26-17-7-5-14-3-1-2-4-15(14)11-17/h1-8,11-12H,9-10,13H2,(H,22,25)(H,23,24). The lowest BCUT2D eigenvalue weighted by molar-refractivity contribution is -0.113. The number of rotatable bonds is 5. The van der Waals surface area contributed by atoms with E-state index in [2.05, 4.69) is 16.7 Å². The number of fused-ring (bicyclic) bond motifs is 2. The Morgan fingerprint density at radius 3 is 2.81 bits per heavy atom. The molecular formula is C21H18N2O3S. The number of ether oxygens (including phenoxy) is 1. The van der Waals surface area contributed by atoms with Crippen molar-refractivity contribution in [2.24, 2.45) is 0 Å². The van der Waals surface area contributed by atoms with Crippen molar-refractivity contribution in [2.45, 2.75) is 4.90 Å². The number of hydrogen-bond acceptors (Lipinski definition) is 4. The molecule has 5 nitrogen and oxygen atoms in total. The van der Waals surface area contributed by atoms with Gasteiger partial charge in [0.05, 0.1) is 18.0 Å². The third-order valence-electron chi connectivity index (χ3n) is 4.25. The molecule has 3 aromatic carbocycles. The van der Waals surface area contributed by atoms with Crippen LogP contribution in [0, 0.1) is 0 Å². The molecule has 1 aliphatic heterocycles. The second-order valence-corrected chi connectivity index (χ2v) is 7.18. The number of benzene rings is 3. The Labute approximate surface area is 161 Å². The van der Waals surface area contributed by atoms with Gasteiger partial charge in [-0.25, -0.2) is 0 Å². The van der Waals surface area contributed by atoms with Crippen LogP contribution < -0.4 is 15.4 Å². The summed E-state index contributed by atoms with van der Waals surface area (Å²) in [5, 5.41) is 7.92. The molecule has 0 spiro atoms. The quantitative estimate of drug-likeness (QED) is 0.665. The van der Waals surface area contributed by atoms with E-state index in [-0.39, 0.29) is 11.8 Å². The lowest BCUT2D eigenvalue weighted by Gasteiger charge is -2.17. The van der Waals surface area contributed by atoms with E-state index < -0.39 is 0 Å². The van der Waals surface area contributed by atoms with Crippen molar-refractivity contribution in [3.63, 3.8) is 0 Å². The minimum absolute atomic E-state index is 0.0474. The number of thioether (sulfide) groups is 1. The average molecular weight is 378 g/mol. The molecule has 2 N–H and O–H groups in total. The molecule has 0 aromatic heterocycles. The molecule has 0 saturated heterocycles. The highest BCUT2D eigenvalue weighted by Crippen LogP contribution is 2.31. The maximum Gasteiger partial charge on any atom is 0.251 e.